The van der Waals surface area contributed by atoms with E-state index < -0.39 is 4.92 Å². The number of amides is 1. The van der Waals surface area contributed by atoms with Gasteiger partial charge in [0.15, 0.2) is 5.75 Å². The van der Waals surface area contributed by atoms with Gasteiger partial charge in [-0.05, 0) is 55.0 Å². The quantitative estimate of drug-likeness (QED) is 0.344. The van der Waals surface area contributed by atoms with E-state index in [-0.39, 0.29) is 23.1 Å². The van der Waals surface area contributed by atoms with Crippen LogP contribution in [0.5, 0.6) is 11.5 Å². The number of nitro benzene ring substituents is 1. The summed E-state index contributed by atoms with van der Waals surface area (Å²) in [5.74, 6) is 0.480. The van der Waals surface area contributed by atoms with E-state index >= 15 is 0 Å². The van der Waals surface area contributed by atoms with Crippen LogP contribution in [0.15, 0.2) is 35.4 Å². The number of aryl methyl sites for hydroxylation is 1. The fourth-order valence-corrected chi connectivity index (χ4v) is 4.14. The minimum Gasteiger partial charge on any atom is -0.493 e. The highest BCUT2D eigenvalue weighted by Gasteiger charge is 2.22. The Labute approximate surface area is 184 Å². The Bertz CT molecular complexity index is 1230. The summed E-state index contributed by atoms with van der Waals surface area (Å²) >= 11 is 0. The molecule has 0 aliphatic heterocycles. The molecule has 0 fully saturated rings. The predicted molar refractivity (Wildman–Crippen MR) is 121 cm³/mol. The van der Waals surface area contributed by atoms with Crippen LogP contribution in [0.2, 0.25) is 0 Å². The third kappa shape index (κ3) is 4.01. The minimum atomic E-state index is -0.565. The van der Waals surface area contributed by atoms with Gasteiger partial charge in [-0.2, -0.15) is 5.10 Å². The number of aromatic amines is 1. The van der Waals surface area contributed by atoms with Crippen LogP contribution in [0.1, 0.15) is 40.5 Å². The summed E-state index contributed by atoms with van der Waals surface area (Å²) < 4.78 is 10.2. The van der Waals surface area contributed by atoms with E-state index in [1.165, 1.54) is 37.8 Å². The molecule has 0 saturated carbocycles. The first-order valence-electron chi connectivity index (χ1n) is 10.3. The Balaban J connectivity index is 1.55. The van der Waals surface area contributed by atoms with Gasteiger partial charge in [0.2, 0.25) is 5.75 Å². The molecule has 2 aromatic carbocycles. The van der Waals surface area contributed by atoms with Gasteiger partial charge < -0.3 is 14.5 Å². The second-order valence-electron chi connectivity index (χ2n) is 7.92. The van der Waals surface area contributed by atoms with Crippen LogP contribution in [0.25, 0.3) is 10.9 Å². The number of methoxy groups -OCH3 is 2. The molecule has 1 unspecified atom stereocenters. The van der Waals surface area contributed by atoms with Crippen molar-refractivity contribution >= 4 is 28.7 Å². The maximum absolute atomic E-state index is 12.6. The number of hydrazone groups is 1. The van der Waals surface area contributed by atoms with Gasteiger partial charge in [-0.3, -0.25) is 14.9 Å². The first kappa shape index (κ1) is 21.4. The number of H-pyrrole nitrogens is 1. The maximum atomic E-state index is 12.6. The van der Waals surface area contributed by atoms with Gasteiger partial charge in [0.05, 0.1) is 25.4 Å². The standard InChI is InChI=1S/C23H24N4O5/c1-13-4-6-18-16(8-13)17-11-15(5-7-19(17)25-18)23(28)26-24-12-14-9-20(27(29)30)22(32-3)21(10-14)31-2/h5,7,9-13,25H,4,6,8H2,1-3H3,(H,26,28)/b24-12-. The van der Waals surface area contributed by atoms with Crippen molar-refractivity contribution in [2.45, 2.75) is 26.2 Å². The Hall–Kier alpha value is -3.88. The molecular formula is C23H24N4O5. The molecule has 0 saturated heterocycles. The highest BCUT2D eigenvalue weighted by molar-refractivity contribution is 5.99. The van der Waals surface area contributed by atoms with Crippen molar-refractivity contribution in [3.63, 3.8) is 0 Å². The van der Waals surface area contributed by atoms with Crippen LogP contribution >= 0.6 is 0 Å². The fraction of sp³-hybridized carbons (Fsp3) is 0.304. The van der Waals surface area contributed by atoms with Crippen LogP contribution in [0.3, 0.4) is 0 Å². The highest BCUT2D eigenvalue weighted by atomic mass is 16.6. The molecule has 1 amide bonds. The van der Waals surface area contributed by atoms with Gasteiger partial charge >= 0.3 is 5.69 Å². The van der Waals surface area contributed by atoms with Crippen LogP contribution in [0, 0.1) is 16.0 Å². The number of carbonyl (C=O) groups is 1. The number of fused-ring (bicyclic) bond motifs is 3. The van der Waals surface area contributed by atoms with E-state index in [9.17, 15) is 14.9 Å². The van der Waals surface area contributed by atoms with Crippen molar-refractivity contribution < 1.29 is 19.2 Å². The molecule has 9 nitrogen and oxygen atoms in total. The van der Waals surface area contributed by atoms with Gasteiger partial charge in [-0.25, -0.2) is 5.43 Å². The Morgan fingerprint density at radius 3 is 2.81 bits per heavy atom. The van der Waals surface area contributed by atoms with E-state index in [4.69, 9.17) is 9.47 Å². The zero-order chi connectivity index (χ0) is 22.8. The number of nitro groups is 1. The Kier molecular flexibility index (Phi) is 5.81. The molecule has 3 aromatic rings. The molecule has 0 bridgehead atoms. The summed E-state index contributed by atoms with van der Waals surface area (Å²) in [7, 11) is 2.72. The third-order valence-corrected chi connectivity index (χ3v) is 5.75. The SMILES string of the molecule is COc1cc(/C=N\NC(=O)c2ccc3[nH]c4c(c3c2)CC(C)CC4)cc([N+](=O)[O-])c1OC. The monoisotopic (exact) mass is 436 g/mol. The zero-order valence-corrected chi connectivity index (χ0v) is 18.1. The van der Waals surface area contributed by atoms with E-state index in [1.807, 2.05) is 12.1 Å². The molecule has 2 N–H and O–H groups in total. The maximum Gasteiger partial charge on any atom is 0.315 e. The van der Waals surface area contributed by atoms with E-state index in [1.54, 1.807) is 12.1 Å². The molecule has 166 valence electrons. The second kappa shape index (κ2) is 8.70. The van der Waals surface area contributed by atoms with Gasteiger partial charge in [0.1, 0.15) is 0 Å². The zero-order valence-electron chi connectivity index (χ0n) is 18.1. The number of rotatable bonds is 6. The van der Waals surface area contributed by atoms with Gasteiger partial charge in [-0.15, -0.1) is 0 Å². The van der Waals surface area contributed by atoms with Crippen molar-refractivity contribution in [1.29, 1.82) is 0 Å². The minimum absolute atomic E-state index is 0.0242. The number of benzene rings is 2. The summed E-state index contributed by atoms with van der Waals surface area (Å²) in [5, 5.41) is 16.4. The van der Waals surface area contributed by atoms with Crippen LogP contribution in [-0.4, -0.2) is 36.2 Å². The molecule has 0 radical (unpaired) electrons. The molecule has 32 heavy (non-hydrogen) atoms. The van der Waals surface area contributed by atoms with E-state index in [2.05, 4.69) is 22.4 Å². The molecular weight excluding hydrogens is 412 g/mol. The summed E-state index contributed by atoms with van der Waals surface area (Å²) in [6.45, 7) is 2.24. The lowest BCUT2D eigenvalue weighted by atomic mass is 9.87. The summed E-state index contributed by atoms with van der Waals surface area (Å²) in [5.41, 5.74) is 6.68. The average Bonchev–Trinajstić information content (AvgIpc) is 3.15. The van der Waals surface area contributed by atoms with E-state index in [0.29, 0.717) is 17.0 Å². The molecule has 9 heteroatoms. The fourth-order valence-electron chi connectivity index (χ4n) is 4.14. The number of aromatic nitrogens is 1. The largest absolute Gasteiger partial charge is 0.493 e. The summed E-state index contributed by atoms with van der Waals surface area (Å²) in [6, 6.07) is 8.39. The number of hydrogen-bond acceptors (Lipinski definition) is 6. The predicted octanol–water partition coefficient (Wildman–Crippen LogP) is 3.98. The van der Waals surface area contributed by atoms with Crippen LogP contribution in [-0.2, 0) is 12.8 Å². The third-order valence-electron chi connectivity index (χ3n) is 5.75. The molecule has 0 spiro atoms. The number of nitrogens with one attached hydrogen (secondary N) is 2. The molecule has 1 heterocycles. The second-order valence-corrected chi connectivity index (χ2v) is 7.92. The van der Waals surface area contributed by atoms with Crippen molar-refractivity contribution in [1.82, 2.24) is 10.4 Å². The van der Waals surface area contributed by atoms with Gasteiger partial charge in [0.25, 0.3) is 5.91 Å². The lowest BCUT2D eigenvalue weighted by molar-refractivity contribution is -0.385. The van der Waals surface area contributed by atoms with Crippen LogP contribution < -0.4 is 14.9 Å². The topological polar surface area (TPSA) is 119 Å². The van der Waals surface area contributed by atoms with Gasteiger partial charge in [-0.1, -0.05) is 6.92 Å². The lowest BCUT2D eigenvalue weighted by Gasteiger charge is -2.18. The molecule has 1 aliphatic carbocycles. The Morgan fingerprint density at radius 1 is 1.28 bits per heavy atom. The summed E-state index contributed by atoms with van der Waals surface area (Å²) in [6.07, 6.45) is 4.51. The first-order valence-corrected chi connectivity index (χ1v) is 10.3. The molecule has 1 atom stereocenters. The van der Waals surface area contributed by atoms with Crippen molar-refractivity contribution in [2.24, 2.45) is 11.0 Å². The number of carbonyl (C=O) groups excluding carboxylic acids is 1. The van der Waals surface area contributed by atoms with Crippen molar-refractivity contribution in [3.05, 3.63) is 62.8 Å². The lowest BCUT2D eigenvalue weighted by Crippen LogP contribution is -2.17. The molecule has 4 rings (SSSR count). The highest BCUT2D eigenvalue weighted by Crippen LogP contribution is 2.37. The number of ether oxygens (including phenoxy) is 2. The molecule has 1 aromatic heterocycles. The number of hydrogen-bond donors (Lipinski definition) is 2. The van der Waals surface area contributed by atoms with Crippen molar-refractivity contribution in [2.75, 3.05) is 14.2 Å². The van der Waals surface area contributed by atoms with E-state index in [0.717, 1.165) is 30.2 Å². The van der Waals surface area contributed by atoms with Crippen LogP contribution in [0.4, 0.5) is 5.69 Å². The normalized spacial score (nSPS) is 15.5. The molecule has 1 aliphatic rings. The van der Waals surface area contributed by atoms with Crippen molar-refractivity contribution in [3.8, 4) is 11.5 Å². The average molecular weight is 436 g/mol. The smallest absolute Gasteiger partial charge is 0.315 e. The number of nitrogens with zero attached hydrogens (tertiary/aromatic N) is 2. The Morgan fingerprint density at radius 2 is 2.09 bits per heavy atom. The summed E-state index contributed by atoms with van der Waals surface area (Å²) in [4.78, 5) is 26.9. The first-order chi connectivity index (χ1) is 15.4. The van der Waals surface area contributed by atoms with Gasteiger partial charge in [0, 0.05) is 33.8 Å².